The lowest BCUT2D eigenvalue weighted by Gasteiger charge is -2.13. The fourth-order valence-electron chi connectivity index (χ4n) is 2.83. The first kappa shape index (κ1) is 23.4. The number of aliphatic hydroxyl groups excluding tert-OH is 1. The van der Waals surface area contributed by atoms with Gasteiger partial charge in [0.15, 0.2) is 5.96 Å². The Morgan fingerprint density at radius 3 is 2.59 bits per heavy atom. The van der Waals surface area contributed by atoms with E-state index in [-0.39, 0.29) is 24.0 Å². The van der Waals surface area contributed by atoms with Gasteiger partial charge in [0.2, 0.25) is 0 Å². The Kier molecular flexibility index (Phi) is 11.0. The second-order valence-electron chi connectivity index (χ2n) is 6.49. The fourth-order valence-corrected chi connectivity index (χ4v) is 2.83. The molecular weight excluding hydrogens is 453 g/mol. The van der Waals surface area contributed by atoms with E-state index in [9.17, 15) is 5.11 Å². The highest BCUT2D eigenvalue weighted by Gasteiger charge is 2.06. The molecule has 0 saturated heterocycles. The van der Waals surface area contributed by atoms with Crippen LogP contribution in [0.5, 0.6) is 0 Å². The first-order valence-electron chi connectivity index (χ1n) is 9.33. The first-order chi connectivity index (χ1) is 12.6. The minimum absolute atomic E-state index is 0. The summed E-state index contributed by atoms with van der Waals surface area (Å²) in [7, 11) is 0. The van der Waals surface area contributed by atoms with E-state index in [1.807, 2.05) is 48.9 Å². The molecule has 1 atom stereocenters. The van der Waals surface area contributed by atoms with E-state index >= 15 is 0 Å². The fraction of sp³-hybridized carbons (Fsp3) is 0.500. The summed E-state index contributed by atoms with van der Waals surface area (Å²) in [5, 5.41) is 21.2. The summed E-state index contributed by atoms with van der Waals surface area (Å²) in [6.45, 7) is 8.97. The van der Waals surface area contributed by atoms with Crippen molar-refractivity contribution in [3.05, 3.63) is 53.3 Å². The minimum Gasteiger partial charge on any atom is -0.391 e. The number of aryl methyl sites for hydroxylation is 3. The smallest absolute Gasteiger partial charge is 0.191 e. The standard InChI is InChI=1S/C20H31N5O.HI/c1-4-21-20(22-11-8-12-25-17(3)13-16(2)24-25)23-15-19(26)14-18-9-6-5-7-10-18;/h5-7,9-10,13,19,26H,4,8,11-12,14-15H2,1-3H3,(H2,21,22,23);1H. The van der Waals surface area contributed by atoms with Crippen LogP contribution in [0.25, 0.3) is 0 Å². The van der Waals surface area contributed by atoms with E-state index in [4.69, 9.17) is 0 Å². The van der Waals surface area contributed by atoms with E-state index in [1.165, 1.54) is 5.69 Å². The molecule has 150 valence electrons. The second kappa shape index (κ2) is 12.7. The quantitative estimate of drug-likeness (QED) is 0.221. The number of rotatable bonds is 9. The van der Waals surface area contributed by atoms with Crippen LogP contribution >= 0.6 is 24.0 Å². The molecule has 1 heterocycles. The average molecular weight is 485 g/mol. The number of halogens is 1. The molecule has 0 fully saturated rings. The van der Waals surface area contributed by atoms with E-state index < -0.39 is 6.10 Å². The van der Waals surface area contributed by atoms with Crippen LogP contribution in [0.15, 0.2) is 41.4 Å². The second-order valence-corrected chi connectivity index (χ2v) is 6.49. The third kappa shape index (κ3) is 8.75. The molecule has 6 nitrogen and oxygen atoms in total. The van der Waals surface area contributed by atoms with Crippen molar-refractivity contribution in [3.8, 4) is 0 Å². The maximum atomic E-state index is 10.2. The summed E-state index contributed by atoms with van der Waals surface area (Å²) < 4.78 is 2.03. The van der Waals surface area contributed by atoms with Crippen molar-refractivity contribution >= 4 is 29.9 Å². The van der Waals surface area contributed by atoms with Crippen molar-refractivity contribution < 1.29 is 5.11 Å². The molecule has 0 aliphatic heterocycles. The van der Waals surface area contributed by atoms with Crippen LogP contribution in [0, 0.1) is 13.8 Å². The zero-order valence-corrected chi connectivity index (χ0v) is 18.8. The molecule has 0 bridgehead atoms. The zero-order chi connectivity index (χ0) is 18.8. The van der Waals surface area contributed by atoms with Crippen molar-refractivity contribution in [1.29, 1.82) is 0 Å². The number of nitrogens with zero attached hydrogens (tertiary/aromatic N) is 3. The largest absolute Gasteiger partial charge is 0.391 e. The van der Waals surface area contributed by atoms with Crippen molar-refractivity contribution in [2.45, 2.75) is 46.3 Å². The Morgan fingerprint density at radius 2 is 1.96 bits per heavy atom. The van der Waals surface area contributed by atoms with Gasteiger partial charge in [-0.25, -0.2) is 0 Å². The Hall–Kier alpha value is -1.61. The molecule has 1 aromatic carbocycles. The van der Waals surface area contributed by atoms with E-state index in [1.54, 1.807) is 0 Å². The predicted molar refractivity (Wildman–Crippen MR) is 122 cm³/mol. The number of hydrogen-bond acceptors (Lipinski definition) is 3. The van der Waals surface area contributed by atoms with Gasteiger partial charge in [-0.3, -0.25) is 9.67 Å². The van der Waals surface area contributed by atoms with Crippen LogP contribution in [0.3, 0.4) is 0 Å². The van der Waals surface area contributed by atoms with Crippen molar-refractivity contribution in [3.63, 3.8) is 0 Å². The molecule has 27 heavy (non-hydrogen) atoms. The lowest BCUT2D eigenvalue weighted by molar-refractivity contribution is 0.183. The lowest BCUT2D eigenvalue weighted by atomic mass is 10.1. The molecule has 2 aromatic rings. The van der Waals surface area contributed by atoms with E-state index in [2.05, 4.69) is 33.7 Å². The summed E-state index contributed by atoms with van der Waals surface area (Å²) in [6.07, 6.45) is 1.09. The van der Waals surface area contributed by atoms with Gasteiger partial charge in [-0.1, -0.05) is 30.3 Å². The number of nitrogens with one attached hydrogen (secondary N) is 2. The summed E-state index contributed by atoms with van der Waals surface area (Å²) in [6, 6.07) is 12.1. The van der Waals surface area contributed by atoms with Gasteiger partial charge in [0.25, 0.3) is 0 Å². The number of aromatic nitrogens is 2. The molecule has 0 aliphatic carbocycles. The third-order valence-corrected chi connectivity index (χ3v) is 4.06. The molecule has 1 aromatic heterocycles. The van der Waals surface area contributed by atoms with Gasteiger partial charge in [0.1, 0.15) is 0 Å². The Balaban J connectivity index is 0.00000364. The number of aliphatic imine (C=N–C) groups is 1. The summed E-state index contributed by atoms with van der Waals surface area (Å²) in [5.41, 5.74) is 3.36. The summed E-state index contributed by atoms with van der Waals surface area (Å²) in [5.74, 6) is 0.743. The Bertz CT molecular complexity index is 687. The maximum absolute atomic E-state index is 10.2. The number of guanidine groups is 1. The average Bonchev–Trinajstić information content (AvgIpc) is 2.94. The predicted octanol–water partition coefficient (Wildman–Crippen LogP) is 2.67. The van der Waals surface area contributed by atoms with Crippen LogP contribution in [-0.2, 0) is 13.0 Å². The highest BCUT2D eigenvalue weighted by molar-refractivity contribution is 14.0. The van der Waals surface area contributed by atoms with E-state index in [0.717, 1.165) is 43.3 Å². The highest BCUT2D eigenvalue weighted by atomic mass is 127. The van der Waals surface area contributed by atoms with Crippen LogP contribution < -0.4 is 10.6 Å². The van der Waals surface area contributed by atoms with Gasteiger partial charge in [-0.2, -0.15) is 5.10 Å². The van der Waals surface area contributed by atoms with Crippen molar-refractivity contribution in [2.75, 3.05) is 19.6 Å². The molecule has 0 radical (unpaired) electrons. The molecule has 7 heteroatoms. The van der Waals surface area contributed by atoms with Gasteiger partial charge >= 0.3 is 0 Å². The molecule has 1 unspecified atom stereocenters. The Labute approximate surface area is 179 Å². The molecule has 0 aliphatic rings. The SMILES string of the molecule is CCNC(=NCC(O)Cc1ccccc1)NCCCn1nc(C)cc1C.I. The monoisotopic (exact) mass is 485 g/mol. The Morgan fingerprint density at radius 1 is 1.22 bits per heavy atom. The first-order valence-corrected chi connectivity index (χ1v) is 9.33. The van der Waals surface area contributed by atoms with Gasteiger partial charge in [-0.15, -0.1) is 24.0 Å². The molecule has 0 amide bonds. The summed E-state index contributed by atoms with van der Waals surface area (Å²) >= 11 is 0. The molecule has 3 N–H and O–H groups in total. The topological polar surface area (TPSA) is 74.5 Å². The van der Waals surface area contributed by atoms with Crippen LogP contribution in [0.2, 0.25) is 0 Å². The van der Waals surface area contributed by atoms with Crippen molar-refractivity contribution in [2.24, 2.45) is 4.99 Å². The van der Waals surface area contributed by atoms with Gasteiger partial charge in [0.05, 0.1) is 18.3 Å². The summed E-state index contributed by atoms with van der Waals surface area (Å²) in [4.78, 5) is 4.50. The number of benzene rings is 1. The lowest BCUT2D eigenvalue weighted by Crippen LogP contribution is -2.38. The van der Waals surface area contributed by atoms with Gasteiger partial charge < -0.3 is 15.7 Å². The molecule has 0 saturated carbocycles. The van der Waals surface area contributed by atoms with E-state index in [0.29, 0.717) is 13.0 Å². The number of aliphatic hydroxyl groups is 1. The zero-order valence-electron chi connectivity index (χ0n) is 16.5. The molecule has 0 spiro atoms. The van der Waals surface area contributed by atoms with Crippen molar-refractivity contribution in [1.82, 2.24) is 20.4 Å². The molecule has 2 rings (SSSR count). The molecular formula is C20H32IN5O. The third-order valence-electron chi connectivity index (χ3n) is 4.06. The highest BCUT2D eigenvalue weighted by Crippen LogP contribution is 2.04. The van der Waals surface area contributed by atoms with Crippen LogP contribution in [-0.4, -0.2) is 46.6 Å². The van der Waals surface area contributed by atoms with Gasteiger partial charge in [-0.05, 0) is 38.8 Å². The van der Waals surface area contributed by atoms with Crippen LogP contribution in [0.1, 0.15) is 30.3 Å². The minimum atomic E-state index is -0.484. The normalized spacial score (nSPS) is 12.4. The maximum Gasteiger partial charge on any atom is 0.191 e. The van der Waals surface area contributed by atoms with Crippen LogP contribution in [0.4, 0.5) is 0 Å². The number of hydrogen-bond donors (Lipinski definition) is 3. The van der Waals surface area contributed by atoms with Gasteiger partial charge in [0, 0.05) is 31.7 Å².